The van der Waals surface area contributed by atoms with Gasteiger partial charge < -0.3 is 16.0 Å². The van der Waals surface area contributed by atoms with Crippen molar-refractivity contribution in [1.29, 1.82) is 0 Å². The maximum absolute atomic E-state index is 12.0. The van der Waals surface area contributed by atoms with Crippen LogP contribution in [0.25, 0.3) is 0 Å². The number of carbonyl (C=O) groups is 1. The Labute approximate surface area is 121 Å². The van der Waals surface area contributed by atoms with Crippen LogP contribution in [0.5, 0.6) is 0 Å². The smallest absolute Gasteiger partial charge is 0.225 e. The Morgan fingerprint density at radius 3 is 2.75 bits per heavy atom. The van der Waals surface area contributed by atoms with Gasteiger partial charge in [0.15, 0.2) is 0 Å². The van der Waals surface area contributed by atoms with E-state index in [1.165, 1.54) is 19.3 Å². The van der Waals surface area contributed by atoms with Crippen LogP contribution in [0.4, 0.5) is 11.4 Å². The minimum Gasteiger partial charge on any atom is -0.397 e. The number of benzene rings is 1. The molecule has 0 aliphatic heterocycles. The summed E-state index contributed by atoms with van der Waals surface area (Å²) in [5, 5.41) is 2.88. The summed E-state index contributed by atoms with van der Waals surface area (Å²) >= 11 is 0. The van der Waals surface area contributed by atoms with Crippen molar-refractivity contribution in [2.45, 2.75) is 32.6 Å². The predicted molar refractivity (Wildman–Crippen MR) is 83.6 cm³/mol. The fourth-order valence-electron chi connectivity index (χ4n) is 2.50. The van der Waals surface area contributed by atoms with Crippen molar-refractivity contribution in [3.8, 4) is 0 Å². The second-order valence-electron chi connectivity index (χ2n) is 5.58. The summed E-state index contributed by atoms with van der Waals surface area (Å²) in [5.41, 5.74) is 7.14. The van der Waals surface area contributed by atoms with E-state index in [1.54, 1.807) is 6.07 Å². The van der Waals surface area contributed by atoms with Crippen molar-refractivity contribution in [3.63, 3.8) is 0 Å². The second kappa shape index (κ2) is 7.29. The molecular formula is C16H25N3O. The average Bonchev–Trinajstić information content (AvgIpc) is 2.39. The molecule has 1 aliphatic carbocycles. The lowest BCUT2D eigenvalue weighted by Gasteiger charge is -2.31. The molecule has 4 nitrogen and oxygen atoms in total. The minimum absolute atomic E-state index is 0.0370. The Morgan fingerprint density at radius 2 is 2.15 bits per heavy atom. The third-order valence-corrected chi connectivity index (χ3v) is 4.08. The first-order valence-electron chi connectivity index (χ1n) is 7.55. The summed E-state index contributed by atoms with van der Waals surface area (Å²) in [6, 6.07) is 7.37. The van der Waals surface area contributed by atoms with E-state index in [-0.39, 0.29) is 5.91 Å². The number of para-hydroxylation sites is 2. The van der Waals surface area contributed by atoms with E-state index in [4.69, 9.17) is 5.73 Å². The quantitative estimate of drug-likeness (QED) is 0.752. The summed E-state index contributed by atoms with van der Waals surface area (Å²) in [6.07, 6.45) is 4.59. The number of nitrogens with one attached hydrogen (secondary N) is 1. The normalized spacial score (nSPS) is 15.1. The number of hydrogen-bond donors (Lipinski definition) is 2. The summed E-state index contributed by atoms with van der Waals surface area (Å²) in [5.74, 6) is 0.887. The number of hydrogen-bond acceptors (Lipinski definition) is 3. The Morgan fingerprint density at radius 1 is 1.40 bits per heavy atom. The van der Waals surface area contributed by atoms with Crippen LogP contribution in [0.2, 0.25) is 0 Å². The molecule has 0 spiro atoms. The molecule has 1 aromatic rings. The zero-order chi connectivity index (χ0) is 14.4. The largest absolute Gasteiger partial charge is 0.397 e. The highest BCUT2D eigenvalue weighted by Crippen LogP contribution is 2.27. The molecule has 1 amide bonds. The van der Waals surface area contributed by atoms with Crippen molar-refractivity contribution in [2.75, 3.05) is 30.7 Å². The monoisotopic (exact) mass is 275 g/mol. The Bertz CT molecular complexity index is 443. The Hall–Kier alpha value is -1.55. The SMILES string of the molecule is CCN(CCC(=O)Nc1ccccc1N)CC1CCC1. The highest BCUT2D eigenvalue weighted by atomic mass is 16.1. The van der Waals surface area contributed by atoms with Gasteiger partial charge in [0.1, 0.15) is 0 Å². The molecule has 0 aromatic heterocycles. The van der Waals surface area contributed by atoms with Crippen LogP contribution < -0.4 is 11.1 Å². The zero-order valence-corrected chi connectivity index (χ0v) is 12.3. The molecule has 110 valence electrons. The molecule has 20 heavy (non-hydrogen) atoms. The van der Waals surface area contributed by atoms with Gasteiger partial charge in [-0.2, -0.15) is 0 Å². The molecule has 0 saturated heterocycles. The van der Waals surface area contributed by atoms with Gasteiger partial charge in [0.2, 0.25) is 5.91 Å². The van der Waals surface area contributed by atoms with E-state index >= 15 is 0 Å². The van der Waals surface area contributed by atoms with E-state index in [9.17, 15) is 4.79 Å². The number of amides is 1. The topological polar surface area (TPSA) is 58.4 Å². The molecule has 2 rings (SSSR count). The first kappa shape index (κ1) is 14.9. The van der Waals surface area contributed by atoms with Crippen molar-refractivity contribution in [2.24, 2.45) is 5.92 Å². The molecular weight excluding hydrogens is 250 g/mol. The lowest BCUT2D eigenvalue weighted by atomic mass is 9.85. The molecule has 1 aliphatic rings. The molecule has 4 heteroatoms. The number of carbonyl (C=O) groups excluding carboxylic acids is 1. The lowest BCUT2D eigenvalue weighted by molar-refractivity contribution is -0.116. The van der Waals surface area contributed by atoms with Gasteiger partial charge in [0.05, 0.1) is 11.4 Å². The average molecular weight is 275 g/mol. The predicted octanol–water partition coefficient (Wildman–Crippen LogP) is 2.72. The van der Waals surface area contributed by atoms with Crippen LogP contribution in [-0.4, -0.2) is 30.4 Å². The van der Waals surface area contributed by atoms with Gasteiger partial charge in [-0.1, -0.05) is 25.5 Å². The molecule has 0 atom stereocenters. The summed E-state index contributed by atoms with van der Waals surface area (Å²) in [6.45, 7) is 5.13. The second-order valence-corrected chi connectivity index (χ2v) is 5.58. The summed E-state index contributed by atoms with van der Waals surface area (Å²) < 4.78 is 0. The van der Waals surface area contributed by atoms with Crippen molar-refractivity contribution in [3.05, 3.63) is 24.3 Å². The van der Waals surface area contributed by atoms with E-state index in [2.05, 4.69) is 17.1 Å². The summed E-state index contributed by atoms with van der Waals surface area (Å²) in [7, 11) is 0. The molecule has 0 bridgehead atoms. The van der Waals surface area contributed by atoms with Crippen LogP contribution in [0, 0.1) is 5.92 Å². The molecule has 0 unspecified atom stereocenters. The van der Waals surface area contributed by atoms with Crippen LogP contribution in [-0.2, 0) is 4.79 Å². The maximum Gasteiger partial charge on any atom is 0.225 e. The van der Waals surface area contributed by atoms with Gasteiger partial charge in [-0.05, 0) is 37.4 Å². The number of nitrogens with zero attached hydrogens (tertiary/aromatic N) is 1. The first-order valence-corrected chi connectivity index (χ1v) is 7.55. The van der Waals surface area contributed by atoms with Crippen molar-refractivity contribution < 1.29 is 4.79 Å². The Kier molecular flexibility index (Phi) is 5.41. The number of nitrogens with two attached hydrogens (primary N) is 1. The third kappa shape index (κ3) is 4.23. The van der Waals surface area contributed by atoms with Gasteiger partial charge >= 0.3 is 0 Å². The molecule has 1 aromatic carbocycles. The standard InChI is InChI=1S/C16H25N3O/c1-2-19(12-13-6-5-7-13)11-10-16(20)18-15-9-4-3-8-14(15)17/h3-4,8-9,13H,2,5-7,10-12,17H2,1H3,(H,18,20). The number of nitrogen functional groups attached to an aromatic ring is 1. The van der Waals surface area contributed by atoms with Gasteiger partial charge in [-0.25, -0.2) is 0 Å². The Balaban J connectivity index is 1.74. The van der Waals surface area contributed by atoms with Gasteiger partial charge in [-0.15, -0.1) is 0 Å². The van der Waals surface area contributed by atoms with Gasteiger partial charge in [0.25, 0.3) is 0 Å². The first-order chi connectivity index (χ1) is 9.69. The lowest BCUT2D eigenvalue weighted by Crippen LogP contribution is -2.34. The van der Waals surface area contributed by atoms with Crippen molar-refractivity contribution in [1.82, 2.24) is 4.90 Å². The van der Waals surface area contributed by atoms with Crippen LogP contribution >= 0.6 is 0 Å². The highest BCUT2D eigenvalue weighted by molar-refractivity contribution is 5.93. The number of rotatable bonds is 7. The van der Waals surface area contributed by atoms with E-state index < -0.39 is 0 Å². The van der Waals surface area contributed by atoms with Crippen LogP contribution in [0.3, 0.4) is 0 Å². The van der Waals surface area contributed by atoms with E-state index in [1.807, 2.05) is 18.2 Å². The summed E-state index contributed by atoms with van der Waals surface area (Å²) in [4.78, 5) is 14.3. The molecule has 0 heterocycles. The van der Waals surface area contributed by atoms with E-state index in [0.717, 1.165) is 25.6 Å². The van der Waals surface area contributed by atoms with Crippen LogP contribution in [0.1, 0.15) is 32.6 Å². The maximum atomic E-state index is 12.0. The van der Waals surface area contributed by atoms with Crippen LogP contribution in [0.15, 0.2) is 24.3 Å². The van der Waals surface area contributed by atoms with Gasteiger partial charge in [-0.3, -0.25) is 4.79 Å². The molecule has 0 radical (unpaired) electrons. The van der Waals surface area contributed by atoms with E-state index in [0.29, 0.717) is 17.8 Å². The molecule has 1 saturated carbocycles. The molecule has 1 fully saturated rings. The third-order valence-electron chi connectivity index (χ3n) is 4.08. The number of anilines is 2. The van der Waals surface area contributed by atoms with Gasteiger partial charge in [0, 0.05) is 19.5 Å². The fraction of sp³-hybridized carbons (Fsp3) is 0.562. The van der Waals surface area contributed by atoms with Crippen molar-refractivity contribution >= 4 is 17.3 Å². The highest BCUT2D eigenvalue weighted by Gasteiger charge is 2.20. The molecule has 3 N–H and O–H groups in total. The fourth-order valence-corrected chi connectivity index (χ4v) is 2.50. The zero-order valence-electron chi connectivity index (χ0n) is 12.3. The minimum atomic E-state index is 0.0370.